The van der Waals surface area contributed by atoms with Crippen molar-refractivity contribution in [1.82, 2.24) is 0 Å². The fourth-order valence-electron chi connectivity index (χ4n) is 5.15. The van der Waals surface area contributed by atoms with Gasteiger partial charge in [0.05, 0.1) is 11.5 Å². The highest BCUT2D eigenvalue weighted by Gasteiger charge is 2.42. The summed E-state index contributed by atoms with van der Waals surface area (Å²) in [7, 11) is 0. The monoisotopic (exact) mass is 303 g/mol. The molecule has 2 aliphatic rings. The number of rotatable bonds is 8. The molecule has 0 radical (unpaired) electrons. The first-order valence-electron chi connectivity index (χ1n) is 10.1. The molecule has 2 aliphatic carbocycles. The van der Waals surface area contributed by atoms with Crippen LogP contribution in [0.25, 0.3) is 0 Å². The van der Waals surface area contributed by atoms with E-state index < -0.39 is 0 Å². The molecule has 0 aromatic carbocycles. The van der Waals surface area contributed by atoms with Crippen LogP contribution in [0.15, 0.2) is 0 Å². The second kappa shape index (κ2) is 8.95. The highest BCUT2D eigenvalue weighted by molar-refractivity contribution is 5.04. The molecule has 0 aliphatic heterocycles. The SMILES string of the molecule is CCCCCC1CCC2CC(C#N)(CCCCC)CCC2C1. The third-order valence-corrected chi connectivity index (χ3v) is 6.61. The summed E-state index contributed by atoms with van der Waals surface area (Å²) in [6.45, 7) is 4.56. The van der Waals surface area contributed by atoms with E-state index in [1.807, 2.05) is 0 Å². The predicted molar refractivity (Wildman–Crippen MR) is 94.5 cm³/mol. The minimum atomic E-state index is 0.0470. The normalized spacial score (nSPS) is 34.9. The number of hydrogen-bond acceptors (Lipinski definition) is 1. The lowest BCUT2D eigenvalue weighted by atomic mass is 9.58. The van der Waals surface area contributed by atoms with Crippen LogP contribution in [-0.2, 0) is 0 Å². The molecule has 22 heavy (non-hydrogen) atoms. The van der Waals surface area contributed by atoms with Crippen LogP contribution in [0.1, 0.15) is 104 Å². The summed E-state index contributed by atoms with van der Waals surface area (Å²) in [6.07, 6.45) is 18.8. The van der Waals surface area contributed by atoms with Crippen LogP contribution >= 0.6 is 0 Å². The van der Waals surface area contributed by atoms with Gasteiger partial charge in [0, 0.05) is 0 Å². The van der Waals surface area contributed by atoms with Crippen LogP contribution < -0.4 is 0 Å². The van der Waals surface area contributed by atoms with E-state index in [9.17, 15) is 5.26 Å². The van der Waals surface area contributed by atoms with Gasteiger partial charge in [-0.1, -0.05) is 65.2 Å². The number of nitrogens with zero attached hydrogens (tertiary/aromatic N) is 1. The molecule has 4 atom stereocenters. The topological polar surface area (TPSA) is 23.8 Å². The van der Waals surface area contributed by atoms with Crippen molar-refractivity contribution in [3.8, 4) is 6.07 Å². The van der Waals surface area contributed by atoms with Crippen molar-refractivity contribution in [2.45, 2.75) is 104 Å². The number of nitriles is 1. The maximum atomic E-state index is 9.78. The highest BCUT2D eigenvalue weighted by atomic mass is 14.5. The van der Waals surface area contributed by atoms with E-state index in [0.29, 0.717) is 0 Å². The molecule has 2 rings (SSSR count). The van der Waals surface area contributed by atoms with Gasteiger partial charge in [0.2, 0.25) is 0 Å². The van der Waals surface area contributed by atoms with Crippen molar-refractivity contribution in [3.63, 3.8) is 0 Å². The van der Waals surface area contributed by atoms with Gasteiger partial charge in [0.25, 0.3) is 0 Å². The van der Waals surface area contributed by atoms with Crippen molar-refractivity contribution >= 4 is 0 Å². The summed E-state index contributed by atoms with van der Waals surface area (Å²) in [5.74, 6) is 2.83. The van der Waals surface area contributed by atoms with E-state index in [1.165, 1.54) is 89.9 Å². The minimum absolute atomic E-state index is 0.0470. The first-order chi connectivity index (χ1) is 10.7. The number of unbranched alkanes of at least 4 members (excludes halogenated alkanes) is 4. The Kier molecular flexibility index (Phi) is 7.26. The van der Waals surface area contributed by atoms with Gasteiger partial charge in [0.15, 0.2) is 0 Å². The van der Waals surface area contributed by atoms with Gasteiger partial charge in [-0.2, -0.15) is 5.26 Å². The molecule has 126 valence electrons. The average molecular weight is 304 g/mol. The lowest BCUT2D eigenvalue weighted by Crippen LogP contribution is -2.36. The van der Waals surface area contributed by atoms with Crippen LogP contribution in [0.3, 0.4) is 0 Å². The van der Waals surface area contributed by atoms with Gasteiger partial charge in [-0.25, -0.2) is 0 Å². The van der Waals surface area contributed by atoms with Gasteiger partial charge in [-0.05, 0) is 56.3 Å². The summed E-state index contributed by atoms with van der Waals surface area (Å²) in [4.78, 5) is 0. The number of hydrogen-bond donors (Lipinski definition) is 0. The largest absolute Gasteiger partial charge is 0.198 e. The first-order valence-corrected chi connectivity index (χ1v) is 10.1. The fourth-order valence-corrected chi connectivity index (χ4v) is 5.15. The maximum Gasteiger partial charge on any atom is 0.0689 e. The van der Waals surface area contributed by atoms with Crippen LogP contribution in [0, 0.1) is 34.5 Å². The van der Waals surface area contributed by atoms with Gasteiger partial charge < -0.3 is 0 Å². The van der Waals surface area contributed by atoms with Crippen LogP contribution in [-0.4, -0.2) is 0 Å². The van der Waals surface area contributed by atoms with E-state index in [4.69, 9.17) is 0 Å². The summed E-state index contributed by atoms with van der Waals surface area (Å²) < 4.78 is 0. The van der Waals surface area contributed by atoms with Gasteiger partial charge in [-0.15, -0.1) is 0 Å². The Hall–Kier alpha value is -0.510. The molecule has 0 heterocycles. The number of fused-ring (bicyclic) bond motifs is 1. The van der Waals surface area contributed by atoms with Gasteiger partial charge >= 0.3 is 0 Å². The molecule has 0 spiro atoms. The maximum absolute atomic E-state index is 9.78. The van der Waals surface area contributed by atoms with E-state index >= 15 is 0 Å². The fraction of sp³-hybridized carbons (Fsp3) is 0.952. The minimum Gasteiger partial charge on any atom is -0.198 e. The van der Waals surface area contributed by atoms with Gasteiger partial charge in [-0.3, -0.25) is 0 Å². The molecule has 0 aromatic heterocycles. The second-order valence-corrected chi connectivity index (χ2v) is 8.29. The summed E-state index contributed by atoms with van der Waals surface area (Å²) >= 11 is 0. The summed E-state index contributed by atoms with van der Waals surface area (Å²) in [6, 6.07) is 2.76. The molecule has 0 saturated heterocycles. The zero-order valence-corrected chi connectivity index (χ0v) is 15.1. The molecular formula is C21H37N. The molecule has 4 unspecified atom stereocenters. The van der Waals surface area contributed by atoms with Crippen molar-refractivity contribution in [1.29, 1.82) is 5.26 Å². The average Bonchev–Trinajstić information content (AvgIpc) is 2.55. The molecule has 0 amide bonds. The molecule has 2 fully saturated rings. The molecular weight excluding hydrogens is 266 g/mol. The molecule has 0 N–H and O–H groups in total. The van der Waals surface area contributed by atoms with Crippen LogP contribution in [0.5, 0.6) is 0 Å². The van der Waals surface area contributed by atoms with Crippen molar-refractivity contribution in [2.24, 2.45) is 23.2 Å². The van der Waals surface area contributed by atoms with Gasteiger partial charge in [0.1, 0.15) is 0 Å². The lowest BCUT2D eigenvalue weighted by molar-refractivity contribution is 0.0616. The zero-order chi connectivity index (χ0) is 15.8. The molecule has 0 bridgehead atoms. The Bertz CT molecular complexity index is 355. The molecule has 2 saturated carbocycles. The molecule has 1 nitrogen and oxygen atoms in total. The smallest absolute Gasteiger partial charge is 0.0689 e. The third-order valence-electron chi connectivity index (χ3n) is 6.61. The first kappa shape index (κ1) is 17.8. The van der Waals surface area contributed by atoms with Crippen LogP contribution in [0.4, 0.5) is 0 Å². The Labute approximate surface area is 138 Å². The second-order valence-electron chi connectivity index (χ2n) is 8.29. The molecule has 1 heteroatoms. The third kappa shape index (κ3) is 4.74. The van der Waals surface area contributed by atoms with Crippen molar-refractivity contribution in [2.75, 3.05) is 0 Å². The predicted octanol–water partition coefficient (Wildman–Crippen LogP) is 6.87. The van der Waals surface area contributed by atoms with Crippen molar-refractivity contribution < 1.29 is 0 Å². The summed E-state index contributed by atoms with van der Waals surface area (Å²) in [5.41, 5.74) is 0.0470. The Morgan fingerprint density at radius 1 is 0.955 bits per heavy atom. The Morgan fingerprint density at radius 3 is 2.45 bits per heavy atom. The quantitative estimate of drug-likeness (QED) is 0.449. The zero-order valence-electron chi connectivity index (χ0n) is 15.1. The van der Waals surface area contributed by atoms with E-state index in [0.717, 1.165) is 17.8 Å². The van der Waals surface area contributed by atoms with E-state index in [2.05, 4.69) is 19.9 Å². The van der Waals surface area contributed by atoms with Crippen molar-refractivity contribution in [3.05, 3.63) is 0 Å². The summed E-state index contributed by atoms with van der Waals surface area (Å²) in [5, 5.41) is 9.78. The van der Waals surface area contributed by atoms with E-state index in [-0.39, 0.29) is 5.41 Å². The highest BCUT2D eigenvalue weighted by Crippen LogP contribution is 2.51. The Balaban J connectivity index is 1.81. The molecule has 0 aromatic rings. The van der Waals surface area contributed by atoms with Crippen LogP contribution in [0.2, 0.25) is 0 Å². The standard InChI is InChI=1S/C21H37N/c1-3-5-7-9-18-10-11-20-16-21(17-22,13-8-6-4-2)14-12-19(20)15-18/h18-20H,3-16H2,1-2H3. The lowest BCUT2D eigenvalue weighted by Gasteiger charge is -2.45. The van der Waals surface area contributed by atoms with E-state index in [1.54, 1.807) is 0 Å². The Morgan fingerprint density at radius 2 is 1.73 bits per heavy atom.